The van der Waals surface area contributed by atoms with Crippen LogP contribution in [0.1, 0.15) is 12.8 Å². The van der Waals surface area contributed by atoms with Crippen molar-refractivity contribution in [3.05, 3.63) is 30.1 Å². The van der Waals surface area contributed by atoms with Crippen LogP contribution in [0.3, 0.4) is 0 Å². The predicted molar refractivity (Wildman–Crippen MR) is 58.9 cm³/mol. The molecule has 2 rings (SSSR count). The van der Waals surface area contributed by atoms with E-state index in [-0.39, 0.29) is 24.6 Å². The summed E-state index contributed by atoms with van der Waals surface area (Å²) in [6.45, 7) is 0.973. The Morgan fingerprint density at radius 3 is 2.81 bits per heavy atom. The van der Waals surface area contributed by atoms with Gasteiger partial charge in [-0.25, -0.2) is 4.39 Å². The number of halogens is 1. The molecule has 0 saturated carbocycles. The van der Waals surface area contributed by atoms with E-state index in [9.17, 15) is 4.39 Å². The van der Waals surface area contributed by atoms with Crippen LogP contribution in [-0.2, 0) is 0 Å². The Morgan fingerprint density at radius 1 is 1.38 bits per heavy atom. The normalized spacial score (nSPS) is 25.4. The zero-order valence-electron chi connectivity index (χ0n) is 9.03. The Hall–Kier alpha value is -1.13. The van der Waals surface area contributed by atoms with Gasteiger partial charge in [-0.3, -0.25) is 0 Å². The minimum atomic E-state index is -0.258. The van der Waals surface area contributed by atoms with Gasteiger partial charge < -0.3 is 15.2 Å². The van der Waals surface area contributed by atoms with Gasteiger partial charge in [0.2, 0.25) is 0 Å². The molecule has 0 aromatic heterocycles. The van der Waals surface area contributed by atoms with Crippen molar-refractivity contribution in [3.8, 4) is 5.75 Å². The number of hydrogen-bond donors (Lipinski definition) is 2. The van der Waals surface area contributed by atoms with E-state index in [4.69, 9.17) is 9.84 Å². The van der Waals surface area contributed by atoms with Crippen LogP contribution in [0.15, 0.2) is 24.3 Å². The number of aliphatic hydroxyl groups is 1. The lowest BCUT2D eigenvalue weighted by Gasteiger charge is -2.29. The molecule has 16 heavy (non-hydrogen) atoms. The molecular formula is C12H16FNO2. The molecule has 1 fully saturated rings. The van der Waals surface area contributed by atoms with Gasteiger partial charge in [0.25, 0.3) is 0 Å². The van der Waals surface area contributed by atoms with E-state index in [0.717, 1.165) is 19.4 Å². The molecule has 1 heterocycles. The van der Waals surface area contributed by atoms with Crippen LogP contribution >= 0.6 is 0 Å². The lowest BCUT2D eigenvalue weighted by Crippen LogP contribution is -2.44. The molecule has 0 bridgehead atoms. The summed E-state index contributed by atoms with van der Waals surface area (Å²) in [5.74, 6) is 0.427. The lowest BCUT2D eigenvalue weighted by molar-refractivity contribution is 0.114. The van der Waals surface area contributed by atoms with Gasteiger partial charge in [-0.05, 0) is 37.2 Å². The van der Waals surface area contributed by atoms with Gasteiger partial charge in [0.05, 0.1) is 6.61 Å². The van der Waals surface area contributed by atoms with Crippen molar-refractivity contribution in [1.29, 1.82) is 0 Å². The highest BCUT2D eigenvalue weighted by Crippen LogP contribution is 2.18. The van der Waals surface area contributed by atoms with Crippen LogP contribution in [0.4, 0.5) is 4.39 Å². The van der Waals surface area contributed by atoms with E-state index in [1.54, 1.807) is 12.1 Å². The number of aliphatic hydroxyl groups excluding tert-OH is 1. The van der Waals surface area contributed by atoms with E-state index in [1.807, 2.05) is 0 Å². The molecule has 0 spiro atoms. The fourth-order valence-electron chi connectivity index (χ4n) is 1.92. The van der Waals surface area contributed by atoms with Crippen molar-refractivity contribution in [2.75, 3.05) is 13.2 Å². The van der Waals surface area contributed by atoms with Crippen molar-refractivity contribution in [2.24, 2.45) is 0 Å². The Labute approximate surface area is 94.2 Å². The number of hydrogen-bond acceptors (Lipinski definition) is 3. The first-order valence-electron chi connectivity index (χ1n) is 5.54. The molecule has 1 saturated heterocycles. The first kappa shape index (κ1) is 11.4. The first-order valence-corrected chi connectivity index (χ1v) is 5.54. The van der Waals surface area contributed by atoms with Crippen LogP contribution in [0.2, 0.25) is 0 Å². The molecule has 1 aliphatic heterocycles. The highest BCUT2D eigenvalue weighted by atomic mass is 19.1. The standard InChI is InChI=1S/C12H16FNO2/c13-9-1-3-11(4-2-9)16-12-5-6-14-10(7-12)8-15/h1-4,10,12,14-15H,5-8H2/t10-,12-/m0/s1. The minimum absolute atomic E-state index is 0.101. The van der Waals surface area contributed by atoms with Crippen LogP contribution in [0.25, 0.3) is 0 Å². The third kappa shape index (κ3) is 2.93. The van der Waals surface area contributed by atoms with Crippen LogP contribution in [-0.4, -0.2) is 30.4 Å². The Bertz CT molecular complexity index is 328. The van der Waals surface area contributed by atoms with Gasteiger partial charge in [0, 0.05) is 12.5 Å². The minimum Gasteiger partial charge on any atom is -0.490 e. The van der Waals surface area contributed by atoms with Gasteiger partial charge >= 0.3 is 0 Å². The molecule has 1 aliphatic rings. The van der Waals surface area contributed by atoms with Crippen LogP contribution in [0, 0.1) is 5.82 Å². The lowest BCUT2D eigenvalue weighted by atomic mass is 10.0. The molecule has 2 N–H and O–H groups in total. The SMILES string of the molecule is OC[C@@H]1C[C@@H](Oc2ccc(F)cc2)CCN1. The Morgan fingerprint density at radius 2 is 2.12 bits per heavy atom. The van der Waals surface area contributed by atoms with Gasteiger partial charge in [-0.1, -0.05) is 0 Å². The molecule has 0 amide bonds. The summed E-state index contributed by atoms with van der Waals surface area (Å²) in [6, 6.07) is 6.15. The second kappa shape index (κ2) is 5.27. The molecule has 2 atom stereocenters. The smallest absolute Gasteiger partial charge is 0.123 e. The summed E-state index contributed by atoms with van der Waals surface area (Å²) in [7, 11) is 0. The topological polar surface area (TPSA) is 41.5 Å². The van der Waals surface area contributed by atoms with E-state index < -0.39 is 0 Å². The fourth-order valence-corrected chi connectivity index (χ4v) is 1.92. The summed E-state index contributed by atoms with van der Waals surface area (Å²) >= 11 is 0. The predicted octanol–water partition coefficient (Wildman–Crippen LogP) is 1.32. The largest absolute Gasteiger partial charge is 0.490 e. The first-order chi connectivity index (χ1) is 7.78. The molecule has 4 heteroatoms. The number of nitrogens with one attached hydrogen (secondary N) is 1. The van der Waals surface area contributed by atoms with Crippen molar-refractivity contribution < 1.29 is 14.2 Å². The molecule has 1 aromatic carbocycles. The number of benzene rings is 1. The Balaban J connectivity index is 1.91. The fraction of sp³-hybridized carbons (Fsp3) is 0.500. The van der Waals surface area contributed by atoms with Crippen LogP contribution < -0.4 is 10.1 Å². The van der Waals surface area contributed by atoms with Crippen molar-refractivity contribution in [3.63, 3.8) is 0 Å². The quantitative estimate of drug-likeness (QED) is 0.815. The molecule has 88 valence electrons. The van der Waals surface area contributed by atoms with Gasteiger partial charge in [0.15, 0.2) is 0 Å². The summed E-state index contributed by atoms with van der Waals surface area (Å²) in [4.78, 5) is 0. The van der Waals surface area contributed by atoms with Crippen molar-refractivity contribution in [2.45, 2.75) is 25.0 Å². The zero-order chi connectivity index (χ0) is 11.4. The number of piperidine rings is 1. The van der Waals surface area contributed by atoms with Gasteiger partial charge in [-0.15, -0.1) is 0 Å². The molecule has 0 radical (unpaired) electrons. The van der Waals surface area contributed by atoms with Crippen molar-refractivity contribution >= 4 is 0 Å². The van der Waals surface area contributed by atoms with Gasteiger partial charge in [-0.2, -0.15) is 0 Å². The average molecular weight is 225 g/mol. The molecular weight excluding hydrogens is 209 g/mol. The van der Waals surface area contributed by atoms with Crippen LogP contribution in [0.5, 0.6) is 5.75 Å². The second-order valence-corrected chi connectivity index (χ2v) is 4.05. The molecule has 0 unspecified atom stereocenters. The summed E-state index contributed by atoms with van der Waals surface area (Å²) < 4.78 is 18.4. The average Bonchev–Trinajstić information content (AvgIpc) is 2.32. The molecule has 3 nitrogen and oxygen atoms in total. The third-order valence-corrected chi connectivity index (χ3v) is 2.78. The zero-order valence-corrected chi connectivity index (χ0v) is 9.03. The summed E-state index contributed by atoms with van der Waals surface area (Å²) in [5.41, 5.74) is 0. The van der Waals surface area contributed by atoms with Gasteiger partial charge in [0.1, 0.15) is 17.7 Å². The maximum absolute atomic E-state index is 12.7. The van der Waals surface area contributed by atoms with E-state index in [2.05, 4.69) is 5.32 Å². The van der Waals surface area contributed by atoms with E-state index >= 15 is 0 Å². The summed E-state index contributed by atoms with van der Waals surface area (Å²) in [6.07, 6.45) is 1.80. The maximum atomic E-state index is 12.7. The van der Waals surface area contributed by atoms with Crippen molar-refractivity contribution in [1.82, 2.24) is 5.32 Å². The molecule has 0 aliphatic carbocycles. The number of rotatable bonds is 3. The highest BCUT2D eigenvalue weighted by molar-refractivity contribution is 5.22. The number of ether oxygens (including phenoxy) is 1. The Kier molecular flexibility index (Phi) is 3.74. The monoisotopic (exact) mass is 225 g/mol. The second-order valence-electron chi connectivity index (χ2n) is 4.05. The maximum Gasteiger partial charge on any atom is 0.123 e. The van der Waals surface area contributed by atoms with E-state index in [1.165, 1.54) is 12.1 Å². The third-order valence-electron chi connectivity index (χ3n) is 2.78. The van der Waals surface area contributed by atoms with E-state index in [0.29, 0.717) is 5.75 Å². The highest BCUT2D eigenvalue weighted by Gasteiger charge is 2.21. The molecule has 1 aromatic rings. The summed E-state index contributed by atoms with van der Waals surface area (Å²) in [5, 5.41) is 12.2.